The number of hydrogen-bond acceptors (Lipinski definition) is 5. The van der Waals surface area contributed by atoms with Gasteiger partial charge in [0.05, 0.1) is 19.3 Å². The summed E-state index contributed by atoms with van der Waals surface area (Å²) in [4.78, 5) is 34.1. The first kappa shape index (κ1) is 18.1. The molecule has 0 aromatic heterocycles. The van der Waals surface area contributed by atoms with E-state index >= 15 is 0 Å². The number of amides is 2. The van der Waals surface area contributed by atoms with E-state index in [4.69, 9.17) is 14.9 Å². The Morgan fingerprint density at radius 1 is 1.30 bits per heavy atom. The third-order valence-electron chi connectivity index (χ3n) is 2.43. The molecule has 4 N–H and O–H groups in total. The van der Waals surface area contributed by atoms with Crippen molar-refractivity contribution in [3.63, 3.8) is 0 Å². The van der Waals surface area contributed by atoms with E-state index in [2.05, 4.69) is 5.32 Å². The second-order valence-electron chi connectivity index (χ2n) is 4.26. The molecule has 116 valence electrons. The summed E-state index contributed by atoms with van der Waals surface area (Å²) in [5, 5.41) is 29.0. The summed E-state index contributed by atoms with van der Waals surface area (Å²) >= 11 is 0. The number of methoxy groups -OCH3 is 1. The quantitative estimate of drug-likeness (QED) is 0.425. The molecule has 0 aliphatic rings. The molecule has 0 aromatic carbocycles. The molecule has 0 saturated carbocycles. The highest BCUT2D eigenvalue weighted by molar-refractivity contribution is 5.82. The Bertz CT molecular complexity index is 348. The number of nitrogens with one attached hydrogen (secondary N) is 1. The highest BCUT2D eigenvalue weighted by Crippen LogP contribution is 2.00. The van der Waals surface area contributed by atoms with E-state index in [9.17, 15) is 19.5 Å². The molecule has 0 saturated heterocycles. The summed E-state index contributed by atoms with van der Waals surface area (Å²) in [7, 11) is 2.78. The monoisotopic (exact) mass is 292 g/mol. The van der Waals surface area contributed by atoms with Crippen molar-refractivity contribution >= 4 is 18.0 Å². The van der Waals surface area contributed by atoms with Crippen LogP contribution >= 0.6 is 0 Å². The first-order valence-corrected chi connectivity index (χ1v) is 5.91. The number of carbonyl (C=O) groups excluding carboxylic acids is 1. The van der Waals surface area contributed by atoms with E-state index in [1.165, 1.54) is 14.2 Å². The third-order valence-corrected chi connectivity index (χ3v) is 2.43. The topological polar surface area (TPSA) is 136 Å². The number of ether oxygens (including phenoxy) is 1. The lowest BCUT2D eigenvalue weighted by Gasteiger charge is -2.23. The van der Waals surface area contributed by atoms with Crippen LogP contribution in [0.15, 0.2) is 0 Å². The number of carbonyl (C=O) groups is 3. The summed E-state index contributed by atoms with van der Waals surface area (Å²) in [5.74, 6) is -2.46. The van der Waals surface area contributed by atoms with Crippen LogP contribution in [0.4, 0.5) is 4.79 Å². The Balaban J connectivity index is 4.36. The highest BCUT2D eigenvalue weighted by Gasteiger charge is 2.23. The van der Waals surface area contributed by atoms with E-state index in [1.807, 2.05) is 0 Å². The van der Waals surface area contributed by atoms with Crippen molar-refractivity contribution in [3.8, 4) is 0 Å². The van der Waals surface area contributed by atoms with Gasteiger partial charge in [0.2, 0.25) is 0 Å². The van der Waals surface area contributed by atoms with Crippen LogP contribution in [0.2, 0.25) is 0 Å². The van der Waals surface area contributed by atoms with E-state index < -0.39 is 30.1 Å². The fraction of sp³-hybridized carbons (Fsp3) is 0.727. The fourth-order valence-corrected chi connectivity index (χ4v) is 1.43. The maximum absolute atomic E-state index is 11.7. The minimum absolute atomic E-state index is 0.0368. The van der Waals surface area contributed by atoms with Gasteiger partial charge in [-0.1, -0.05) is 0 Å². The number of aliphatic hydroxyl groups excluding tert-OH is 1. The molecule has 20 heavy (non-hydrogen) atoms. The van der Waals surface area contributed by atoms with Crippen molar-refractivity contribution in [2.45, 2.75) is 25.0 Å². The molecule has 0 spiro atoms. The number of urea groups is 1. The lowest BCUT2D eigenvalue weighted by Crippen LogP contribution is -2.48. The van der Waals surface area contributed by atoms with Gasteiger partial charge in [0.1, 0.15) is 6.04 Å². The van der Waals surface area contributed by atoms with Crippen LogP contribution in [0, 0.1) is 0 Å². The van der Waals surface area contributed by atoms with E-state index in [0.29, 0.717) is 0 Å². The van der Waals surface area contributed by atoms with E-state index in [1.54, 1.807) is 0 Å². The molecule has 0 radical (unpaired) electrons. The van der Waals surface area contributed by atoms with E-state index in [0.717, 1.165) is 4.90 Å². The van der Waals surface area contributed by atoms with Crippen LogP contribution in [0.1, 0.15) is 12.8 Å². The van der Waals surface area contributed by atoms with Crippen LogP contribution in [0.25, 0.3) is 0 Å². The van der Waals surface area contributed by atoms with Gasteiger partial charge in [-0.3, -0.25) is 4.79 Å². The first-order chi connectivity index (χ1) is 9.27. The lowest BCUT2D eigenvalue weighted by molar-refractivity contribution is -0.140. The number of aliphatic carboxylic acids is 2. The molecule has 0 bridgehead atoms. The summed E-state index contributed by atoms with van der Waals surface area (Å²) in [5.41, 5.74) is 0. The predicted octanol–water partition coefficient (Wildman–Crippen LogP) is -1.05. The number of likely N-dealkylation sites (N-methyl/N-ethyl adjacent to an activating group) is 1. The SMILES string of the molecule is COCC(O)CN(C)C(=O)NC(CCC(=O)O)C(=O)O. The average Bonchev–Trinajstić information content (AvgIpc) is 2.33. The molecule has 2 atom stereocenters. The minimum atomic E-state index is -1.31. The second kappa shape index (κ2) is 9.10. The molecule has 9 nitrogen and oxygen atoms in total. The minimum Gasteiger partial charge on any atom is -0.481 e. The molecule has 0 aliphatic heterocycles. The maximum atomic E-state index is 11.7. The molecule has 0 rings (SSSR count). The Morgan fingerprint density at radius 2 is 1.90 bits per heavy atom. The number of aliphatic hydroxyl groups is 1. The van der Waals surface area contributed by atoms with Crippen molar-refractivity contribution in [1.29, 1.82) is 0 Å². The van der Waals surface area contributed by atoms with Gasteiger partial charge < -0.3 is 30.3 Å². The number of carboxylic acid groups (broad SMARTS) is 2. The van der Waals surface area contributed by atoms with Crippen molar-refractivity contribution < 1.29 is 34.4 Å². The van der Waals surface area contributed by atoms with E-state index in [-0.39, 0.29) is 26.0 Å². The standard InChI is InChI=1S/C11H20N2O7/c1-13(5-7(14)6-20-2)11(19)12-8(10(17)18)3-4-9(15)16/h7-8,14H,3-6H2,1-2H3,(H,12,19)(H,15,16)(H,17,18). The van der Waals surface area contributed by atoms with Crippen LogP contribution < -0.4 is 5.32 Å². The first-order valence-electron chi connectivity index (χ1n) is 5.91. The third kappa shape index (κ3) is 7.54. The van der Waals surface area contributed by atoms with Gasteiger partial charge in [-0.15, -0.1) is 0 Å². The van der Waals surface area contributed by atoms with Gasteiger partial charge in [-0.25, -0.2) is 9.59 Å². The highest BCUT2D eigenvalue weighted by atomic mass is 16.5. The Morgan fingerprint density at radius 3 is 2.35 bits per heavy atom. The smallest absolute Gasteiger partial charge is 0.326 e. The van der Waals surface area contributed by atoms with Crippen LogP contribution in [-0.4, -0.2) is 77.6 Å². The van der Waals surface area contributed by atoms with Gasteiger partial charge in [-0.05, 0) is 6.42 Å². The van der Waals surface area contributed by atoms with Crippen LogP contribution in [0.5, 0.6) is 0 Å². The van der Waals surface area contributed by atoms with Crippen molar-refractivity contribution in [2.24, 2.45) is 0 Å². The lowest BCUT2D eigenvalue weighted by atomic mass is 10.1. The Kier molecular flexibility index (Phi) is 8.25. The number of nitrogens with zero attached hydrogens (tertiary/aromatic N) is 1. The van der Waals surface area contributed by atoms with Gasteiger partial charge in [-0.2, -0.15) is 0 Å². The molecular formula is C11H20N2O7. The van der Waals surface area contributed by atoms with Crippen molar-refractivity contribution in [1.82, 2.24) is 10.2 Å². The van der Waals surface area contributed by atoms with Gasteiger partial charge in [0.15, 0.2) is 0 Å². The van der Waals surface area contributed by atoms with Gasteiger partial charge >= 0.3 is 18.0 Å². The Labute approximate surface area is 116 Å². The van der Waals surface area contributed by atoms with Crippen molar-refractivity contribution in [3.05, 3.63) is 0 Å². The molecule has 0 aliphatic carbocycles. The maximum Gasteiger partial charge on any atom is 0.326 e. The molecule has 9 heteroatoms. The molecule has 0 aromatic rings. The fourth-order valence-electron chi connectivity index (χ4n) is 1.43. The zero-order valence-electron chi connectivity index (χ0n) is 11.4. The molecule has 2 unspecified atom stereocenters. The van der Waals surface area contributed by atoms with Crippen LogP contribution in [0.3, 0.4) is 0 Å². The predicted molar refractivity (Wildman–Crippen MR) is 67.3 cm³/mol. The average molecular weight is 292 g/mol. The summed E-state index contributed by atoms with van der Waals surface area (Å²) in [6.45, 7) is 0.00391. The number of rotatable bonds is 9. The van der Waals surface area contributed by atoms with Gasteiger partial charge in [0.25, 0.3) is 0 Å². The van der Waals surface area contributed by atoms with Gasteiger partial charge in [0, 0.05) is 20.6 Å². The number of carboxylic acids is 2. The molecule has 2 amide bonds. The summed E-state index contributed by atoms with van der Waals surface area (Å²) < 4.78 is 4.70. The van der Waals surface area contributed by atoms with Crippen molar-refractivity contribution in [2.75, 3.05) is 27.3 Å². The summed E-state index contributed by atoms with van der Waals surface area (Å²) in [6.07, 6.45) is -1.48. The zero-order valence-corrected chi connectivity index (χ0v) is 11.4. The zero-order chi connectivity index (χ0) is 15.7. The number of hydrogen-bond donors (Lipinski definition) is 4. The van der Waals surface area contributed by atoms with Crippen LogP contribution in [-0.2, 0) is 14.3 Å². The molecule has 0 heterocycles. The largest absolute Gasteiger partial charge is 0.481 e. The summed E-state index contributed by atoms with van der Waals surface area (Å²) in [6, 6.07) is -2.00. The Hall–Kier alpha value is -1.87. The normalized spacial score (nSPS) is 13.3. The molecule has 0 fully saturated rings. The second-order valence-corrected chi connectivity index (χ2v) is 4.26. The molecular weight excluding hydrogens is 272 g/mol.